The summed E-state index contributed by atoms with van der Waals surface area (Å²) in [5.41, 5.74) is 0.443. The van der Waals surface area contributed by atoms with Gasteiger partial charge < -0.3 is 5.11 Å². The molecule has 0 unspecified atom stereocenters. The second-order valence-corrected chi connectivity index (χ2v) is 5.14. The molecule has 2 nitrogen and oxygen atoms in total. The summed E-state index contributed by atoms with van der Waals surface area (Å²) in [6.45, 7) is 1.77. The summed E-state index contributed by atoms with van der Waals surface area (Å²) < 4.78 is 13.8. The van der Waals surface area contributed by atoms with Crippen LogP contribution in [0.15, 0.2) is 16.6 Å². The molecule has 0 atom stereocenters. The van der Waals surface area contributed by atoms with Crippen molar-refractivity contribution in [2.45, 2.75) is 31.6 Å². The van der Waals surface area contributed by atoms with E-state index >= 15 is 0 Å². The lowest BCUT2D eigenvalue weighted by Gasteiger charge is -2.39. The lowest BCUT2D eigenvalue weighted by molar-refractivity contribution is -0.147. The number of carboxylic acids is 1. The van der Waals surface area contributed by atoms with Gasteiger partial charge in [0.1, 0.15) is 5.82 Å². The van der Waals surface area contributed by atoms with E-state index in [1.165, 1.54) is 6.07 Å². The first kappa shape index (κ1) is 11.6. The molecule has 4 heteroatoms. The maximum Gasteiger partial charge on any atom is 0.314 e. The SMILES string of the molecule is Cc1cc(F)c(Br)c(C2(C(=O)O)CCC2)c1. The Labute approximate surface area is 102 Å². The lowest BCUT2D eigenvalue weighted by atomic mass is 9.64. The molecule has 0 aliphatic heterocycles. The molecular formula is C12H12BrFO2. The Morgan fingerprint density at radius 2 is 2.12 bits per heavy atom. The van der Waals surface area contributed by atoms with Gasteiger partial charge in [0.15, 0.2) is 0 Å². The number of carboxylic acid groups (broad SMARTS) is 1. The Kier molecular flexibility index (Phi) is 2.78. The van der Waals surface area contributed by atoms with E-state index in [-0.39, 0.29) is 5.82 Å². The predicted molar refractivity (Wildman–Crippen MR) is 62.0 cm³/mol. The van der Waals surface area contributed by atoms with Crippen LogP contribution in [0.1, 0.15) is 30.4 Å². The van der Waals surface area contributed by atoms with Crippen LogP contribution in [-0.2, 0) is 10.2 Å². The first-order valence-corrected chi connectivity index (χ1v) is 5.96. The molecular weight excluding hydrogens is 275 g/mol. The van der Waals surface area contributed by atoms with E-state index in [1.807, 2.05) is 0 Å². The van der Waals surface area contributed by atoms with Gasteiger partial charge in [0.05, 0.1) is 9.89 Å². The van der Waals surface area contributed by atoms with Crippen LogP contribution < -0.4 is 0 Å². The summed E-state index contributed by atoms with van der Waals surface area (Å²) in [5, 5.41) is 9.30. The number of aliphatic carboxylic acids is 1. The molecule has 86 valence electrons. The molecule has 0 heterocycles. The molecule has 16 heavy (non-hydrogen) atoms. The van der Waals surface area contributed by atoms with Crippen LogP contribution in [0.5, 0.6) is 0 Å². The summed E-state index contributed by atoms with van der Waals surface area (Å²) in [6, 6.07) is 3.17. The van der Waals surface area contributed by atoms with E-state index in [0.29, 0.717) is 22.9 Å². The van der Waals surface area contributed by atoms with Crippen molar-refractivity contribution < 1.29 is 14.3 Å². The molecule has 0 aromatic heterocycles. The second kappa shape index (κ2) is 3.84. The fourth-order valence-electron chi connectivity index (χ4n) is 2.20. The second-order valence-electron chi connectivity index (χ2n) is 4.35. The number of carbonyl (C=O) groups is 1. The zero-order valence-corrected chi connectivity index (χ0v) is 10.5. The fraction of sp³-hybridized carbons (Fsp3) is 0.417. The number of halogens is 2. The quantitative estimate of drug-likeness (QED) is 0.905. The molecule has 1 aliphatic carbocycles. The maximum absolute atomic E-state index is 13.6. The molecule has 2 rings (SSSR count). The highest BCUT2D eigenvalue weighted by Gasteiger charge is 2.47. The summed E-state index contributed by atoms with van der Waals surface area (Å²) in [4.78, 5) is 11.3. The van der Waals surface area contributed by atoms with Crippen molar-refractivity contribution in [3.8, 4) is 0 Å². The Hall–Kier alpha value is -0.900. The van der Waals surface area contributed by atoms with Gasteiger partial charge in [-0.2, -0.15) is 0 Å². The molecule has 1 N–H and O–H groups in total. The topological polar surface area (TPSA) is 37.3 Å². The monoisotopic (exact) mass is 286 g/mol. The minimum absolute atomic E-state index is 0.292. The first-order chi connectivity index (χ1) is 7.47. The zero-order valence-electron chi connectivity index (χ0n) is 8.89. The van der Waals surface area contributed by atoms with Crippen molar-refractivity contribution >= 4 is 21.9 Å². The van der Waals surface area contributed by atoms with E-state index < -0.39 is 11.4 Å². The van der Waals surface area contributed by atoms with Crippen LogP contribution in [0.3, 0.4) is 0 Å². The van der Waals surface area contributed by atoms with E-state index in [9.17, 15) is 14.3 Å². The molecule has 1 saturated carbocycles. The number of hydrogen-bond donors (Lipinski definition) is 1. The number of rotatable bonds is 2. The predicted octanol–water partition coefficient (Wildman–Crippen LogP) is 3.40. The van der Waals surface area contributed by atoms with Crippen LogP contribution in [-0.4, -0.2) is 11.1 Å². The van der Waals surface area contributed by atoms with Crippen LogP contribution in [0.2, 0.25) is 0 Å². The van der Waals surface area contributed by atoms with E-state index in [2.05, 4.69) is 15.9 Å². The average molecular weight is 287 g/mol. The highest BCUT2D eigenvalue weighted by molar-refractivity contribution is 9.10. The van der Waals surface area contributed by atoms with E-state index in [0.717, 1.165) is 12.0 Å². The Morgan fingerprint density at radius 1 is 1.50 bits per heavy atom. The van der Waals surface area contributed by atoms with Crippen molar-refractivity contribution in [3.63, 3.8) is 0 Å². The largest absolute Gasteiger partial charge is 0.481 e. The number of aryl methyl sites for hydroxylation is 1. The molecule has 0 spiro atoms. The third-order valence-electron chi connectivity index (χ3n) is 3.30. The summed E-state index contributed by atoms with van der Waals surface area (Å²) in [5.74, 6) is -1.24. The molecule has 0 radical (unpaired) electrons. The van der Waals surface area contributed by atoms with Gasteiger partial charge in [0, 0.05) is 0 Å². The Balaban J connectivity index is 2.59. The third-order valence-corrected chi connectivity index (χ3v) is 4.11. The van der Waals surface area contributed by atoms with Gasteiger partial charge in [-0.3, -0.25) is 4.79 Å². The lowest BCUT2D eigenvalue weighted by Crippen LogP contribution is -2.42. The maximum atomic E-state index is 13.6. The molecule has 1 aromatic rings. The van der Waals surface area contributed by atoms with Crippen molar-refractivity contribution in [1.29, 1.82) is 0 Å². The average Bonchev–Trinajstić information content (AvgIpc) is 2.10. The normalized spacial score (nSPS) is 17.9. The highest BCUT2D eigenvalue weighted by atomic mass is 79.9. The first-order valence-electron chi connectivity index (χ1n) is 5.17. The molecule has 1 aromatic carbocycles. The highest BCUT2D eigenvalue weighted by Crippen LogP contribution is 2.47. The standard InChI is InChI=1S/C12H12BrFO2/c1-7-5-8(10(13)9(14)6-7)12(11(15)16)3-2-4-12/h5-6H,2-4H2,1H3,(H,15,16). The van der Waals surface area contributed by atoms with Gasteiger partial charge in [-0.05, 0) is 52.9 Å². The van der Waals surface area contributed by atoms with Crippen molar-refractivity contribution in [2.75, 3.05) is 0 Å². The van der Waals surface area contributed by atoms with Crippen LogP contribution in [0.4, 0.5) is 4.39 Å². The minimum Gasteiger partial charge on any atom is -0.481 e. The van der Waals surface area contributed by atoms with Crippen LogP contribution >= 0.6 is 15.9 Å². The van der Waals surface area contributed by atoms with Gasteiger partial charge in [0.25, 0.3) is 0 Å². The Bertz CT molecular complexity index is 453. The molecule has 1 fully saturated rings. The van der Waals surface area contributed by atoms with Crippen LogP contribution in [0.25, 0.3) is 0 Å². The minimum atomic E-state index is -0.883. The van der Waals surface area contributed by atoms with Crippen molar-refractivity contribution in [2.24, 2.45) is 0 Å². The zero-order chi connectivity index (χ0) is 11.9. The van der Waals surface area contributed by atoms with E-state index in [4.69, 9.17) is 0 Å². The number of benzene rings is 1. The van der Waals surface area contributed by atoms with Gasteiger partial charge in [-0.25, -0.2) is 4.39 Å². The van der Waals surface area contributed by atoms with Crippen molar-refractivity contribution in [1.82, 2.24) is 0 Å². The van der Waals surface area contributed by atoms with Crippen LogP contribution in [0, 0.1) is 12.7 Å². The van der Waals surface area contributed by atoms with E-state index in [1.54, 1.807) is 13.0 Å². The van der Waals surface area contributed by atoms with Gasteiger partial charge >= 0.3 is 5.97 Å². The third kappa shape index (κ3) is 1.56. The Morgan fingerprint density at radius 3 is 2.56 bits per heavy atom. The molecule has 0 bridgehead atoms. The van der Waals surface area contributed by atoms with Gasteiger partial charge in [-0.15, -0.1) is 0 Å². The summed E-state index contributed by atoms with van der Waals surface area (Å²) in [6.07, 6.45) is 2.06. The van der Waals surface area contributed by atoms with Crippen molar-refractivity contribution in [3.05, 3.63) is 33.5 Å². The smallest absolute Gasteiger partial charge is 0.314 e. The molecule has 1 aliphatic rings. The summed E-state index contributed by atoms with van der Waals surface area (Å²) >= 11 is 3.15. The fourth-order valence-corrected chi connectivity index (χ4v) is 2.81. The summed E-state index contributed by atoms with van der Waals surface area (Å²) in [7, 11) is 0. The number of hydrogen-bond acceptors (Lipinski definition) is 1. The van der Waals surface area contributed by atoms with Gasteiger partial charge in [-0.1, -0.05) is 12.5 Å². The van der Waals surface area contributed by atoms with Gasteiger partial charge in [0.2, 0.25) is 0 Å². The molecule has 0 amide bonds. The molecule has 0 saturated heterocycles.